The Morgan fingerprint density at radius 3 is 2.52 bits per heavy atom. The third-order valence-electron chi connectivity index (χ3n) is 2.75. The molecule has 0 atom stereocenters. The summed E-state index contributed by atoms with van der Waals surface area (Å²) in [6.07, 6.45) is 1.45. The van der Waals surface area contributed by atoms with Gasteiger partial charge in [-0.1, -0.05) is 23.2 Å². The second-order valence-electron chi connectivity index (χ2n) is 4.34. The molecule has 2 aromatic heterocycles. The van der Waals surface area contributed by atoms with E-state index in [4.69, 9.17) is 27.6 Å². The molecule has 21 heavy (non-hydrogen) atoms. The van der Waals surface area contributed by atoms with Gasteiger partial charge in [0.25, 0.3) is 0 Å². The Kier molecular flexibility index (Phi) is 3.52. The van der Waals surface area contributed by atoms with Gasteiger partial charge in [0.1, 0.15) is 12.0 Å². The van der Waals surface area contributed by atoms with Crippen molar-refractivity contribution in [2.75, 3.05) is 0 Å². The van der Waals surface area contributed by atoms with Crippen molar-refractivity contribution in [2.24, 2.45) is 7.05 Å². The molecule has 0 bridgehead atoms. The largest absolute Gasteiger partial charge is 0.444 e. The molecule has 0 radical (unpaired) electrons. The smallest absolute Gasteiger partial charge is 0.363 e. The van der Waals surface area contributed by atoms with Gasteiger partial charge in [-0.05, 0) is 28.6 Å². The summed E-state index contributed by atoms with van der Waals surface area (Å²) in [6, 6.07) is 5.00. The molecule has 0 saturated heterocycles. The van der Waals surface area contributed by atoms with Gasteiger partial charge < -0.3 is 4.42 Å². The first-order valence-corrected chi connectivity index (χ1v) is 6.66. The standard InChI is InChI=1S/C12H9Cl2N5O2/c1-18-12(20)19(17-16-18)5-10-6-21-11(15-10)7-2-8(13)4-9(14)3-7/h2-4,6H,5H2,1H3. The van der Waals surface area contributed by atoms with Gasteiger partial charge in [0.05, 0.1) is 6.54 Å². The molecule has 108 valence electrons. The third-order valence-corrected chi connectivity index (χ3v) is 3.19. The summed E-state index contributed by atoms with van der Waals surface area (Å²) in [6.45, 7) is 0.171. The van der Waals surface area contributed by atoms with Crippen LogP contribution in [0.3, 0.4) is 0 Å². The maximum Gasteiger partial charge on any atom is 0.363 e. The first-order chi connectivity index (χ1) is 10.0. The average molecular weight is 326 g/mol. The molecule has 0 aliphatic rings. The molecule has 0 fully saturated rings. The lowest BCUT2D eigenvalue weighted by molar-refractivity contribution is 0.567. The summed E-state index contributed by atoms with van der Waals surface area (Å²) in [7, 11) is 1.52. The normalized spacial score (nSPS) is 11.0. The number of hydrogen-bond acceptors (Lipinski definition) is 5. The Balaban J connectivity index is 1.89. The Morgan fingerprint density at radius 1 is 1.19 bits per heavy atom. The van der Waals surface area contributed by atoms with Gasteiger partial charge in [0.15, 0.2) is 0 Å². The molecule has 3 rings (SSSR count). The lowest BCUT2D eigenvalue weighted by atomic mass is 10.2. The number of aromatic nitrogens is 5. The van der Waals surface area contributed by atoms with Gasteiger partial charge in [-0.25, -0.2) is 9.78 Å². The van der Waals surface area contributed by atoms with E-state index in [2.05, 4.69) is 15.4 Å². The monoisotopic (exact) mass is 325 g/mol. The predicted octanol–water partition coefficient (Wildman–Crippen LogP) is 1.99. The maximum atomic E-state index is 11.6. The molecule has 7 nitrogen and oxygen atoms in total. The zero-order chi connectivity index (χ0) is 15.0. The van der Waals surface area contributed by atoms with Crippen molar-refractivity contribution in [3.05, 3.63) is 50.7 Å². The fourth-order valence-electron chi connectivity index (χ4n) is 1.79. The summed E-state index contributed by atoms with van der Waals surface area (Å²) in [5.41, 5.74) is 0.874. The minimum absolute atomic E-state index is 0.171. The number of hydrogen-bond donors (Lipinski definition) is 0. The van der Waals surface area contributed by atoms with Crippen molar-refractivity contribution in [2.45, 2.75) is 6.54 Å². The number of aryl methyl sites for hydroxylation is 1. The van der Waals surface area contributed by atoms with E-state index in [1.807, 2.05) is 0 Å². The van der Waals surface area contributed by atoms with E-state index in [1.165, 1.54) is 18.0 Å². The highest BCUT2D eigenvalue weighted by atomic mass is 35.5. The molecule has 1 aromatic carbocycles. The fourth-order valence-corrected chi connectivity index (χ4v) is 2.32. The van der Waals surface area contributed by atoms with Crippen LogP contribution < -0.4 is 5.69 Å². The van der Waals surface area contributed by atoms with E-state index in [0.29, 0.717) is 27.2 Å². The predicted molar refractivity (Wildman–Crippen MR) is 76.3 cm³/mol. The van der Waals surface area contributed by atoms with Crippen LogP contribution in [0.4, 0.5) is 0 Å². The number of oxazole rings is 1. The summed E-state index contributed by atoms with van der Waals surface area (Å²) in [5.74, 6) is 0.367. The van der Waals surface area contributed by atoms with E-state index in [1.54, 1.807) is 18.2 Å². The van der Waals surface area contributed by atoms with E-state index in [0.717, 1.165) is 4.68 Å². The molecular formula is C12H9Cl2N5O2. The van der Waals surface area contributed by atoms with Crippen LogP contribution in [0, 0.1) is 0 Å². The Labute approximate surface area is 128 Å². The zero-order valence-corrected chi connectivity index (χ0v) is 12.3. The average Bonchev–Trinajstić information content (AvgIpc) is 3.00. The van der Waals surface area contributed by atoms with Gasteiger partial charge in [0.2, 0.25) is 5.89 Å². The Hall–Kier alpha value is -2.12. The molecule has 3 aromatic rings. The van der Waals surface area contributed by atoms with Crippen molar-refractivity contribution in [1.29, 1.82) is 0 Å². The van der Waals surface area contributed by atoms with Crippen LogP contribution in [0.25, 0.3) is 11.5 Å². The molecule has 0 unspecified atom stereocenters. The molecule has 0 aliphatic heterocycles. The number of tetrazole rings is 1. The van der Waals surface area contributed by atoms with E-state index in [9.17, 15) is 4.79 Å². The van der Waals surface area contributed by atoms with Gasteiger partial charge >= 0.3 is 5.69 Å². The maximum absolute atomic E-state index is 11.6. The second-order valence-corrected chi connectivity index (χ2v) is 5.22. The van der Waals surface area contributed by atoms with Gasteiger partial charge in [-0.15, -0.1) is 0 Å². The van der Waals surface area contributed by atoms with Crippen LogP contribution in [0.1, 0.15) is 5.69 Å². The quantitative estimate of drug-likeness (QED) is 0.735. The van der Waals surface area contributed by atoms with Crippen molar-refractivity contribution >= 4 is 23.2 Å². The zero-order valence-electron chi connectivity index (χ0n) is 10.8. The highest BCUT2D eigenvalue weighted by molar-refractivity contribution is 6.35. The second kappa shape index (κ2) is 5.34. The topological polar surface area (TPSA) is 78.7 Å². The fraction of sp³-hybridized carbons (Fsp3) is 0.167. The summed E-state index contributed by atoms with van der Waals surface area (Å²) < 4.78 is 7.70. The molecule has 2 heterocycles. The van der Waals surface area contributed by atoms with Crippen LogP contribution in [-0.4, -0.2) is 24.8 Å². The molecule has 0 N–H and O–H groups in total. The van der Waals surface area contributed by atoms with Gasteiger partial charge in [-0.3, -0.25) is 0 Å². The van der Waals surface area contributed by atoms with E-state index >= 15 is 0 Å². The molecule has 0 saturated carbocycles. The highest BCUT2D eigenvalue weighted by Crippen LogP contribution is 2.26. The van der Waals surface area contributed by atoms with Crippen molar-refractivity contribution in [3.8, 4) is 11.5 Å². The number of rotatable bonds is 3. The first kappa shape index (κ1) is 13.8. The van der Waals surface area contributed by atoms with Gasteiger partial charge in [0, 0.05) is 22.7 Å². The summed E-state index contributed by atoms with van der Waals surface area (Å²) in [4.78, 5) is 15.9. The third kappa shape index (κ3) is 2.84. The molecule has 9 heteroatoms. The highest BCUT2D eigenvalue weighted by Gasteiger charge is 2.11. The number of benzene rings is 1. The molecule has 0 amide bonds. The van der Waals surface area contributed by atoms with E-state index in [-0.39, 0.29) is 12.2 Å². The molecule has 0 spiro atoms. The SMILES string of the molecule is Cn1nnn(Cc2coc(-c3cc(Cl)cc(Cl)c3)n2)c1=O. The van der Waals surface area contributed by atoms with Crippen molar-refractivity contribution in [1.82, 2.24) is 24.8 Å². The van der Waals surface area contributed by atoms with Crippen LogP contribution in [-0.2, 0) is 13.6 Å². The van der Waals surface area contributed by atoms with E-state index < -0.39 is 0 Å². The van der Waals surface area contributed by atoms with Crippen molar-refractivity contribution in [3.63, 3.8) is 0 Å². The number of nitrogens with zero attached hydrogens (tertiary/aromatic N) is 5. The van der Waals surface area contributed by atoms with Crippen LogP contribution in [0.5, 0.6) is 0 Å². The van der Waals surface area contributed by atoms with Gasteiger partial charge in [-0.2, -0.15) is 9.36 Å². The first-order valence-electron chi connectivity index (χ1n) is 5.90. The van der Waals surface area contributed by atoms with Crippen LogP contribution >= 0.6 is 23.2 Å². The Morgan fingerprint density at radius 2 is 1.90 bits per heavy atom. The van der Waals surface area contributed by atoms with Crippen LogP contribution in [0.2, 0.25) is 10.0 Å². The molecular weight excluding hydrogens is 317 g/mol. The lowest BCUT2D eigenvalue weighted by Gasteiger charge is -1.98. The lowest BCUT2D eigenvalue weighted by Crippen LogP contribution is -2.23. The minimum atomic E-state index is -0.328. The molecule has 0 aliphatic carbocycles. The van der Waals surface area contributed by atoms with Crippen molar-refractivity contribution < 1.29 is 4.42 Å². The number of halogens is 2. The minimum Gasteiger partial charge on any atom is -0.444 e. The summed E-state index contributed by atoms with van der Waals surface area (Å²) >= 11 is 11.9. The van der Waals surface area contributed by atoms with Crippen LogP contribution in [0.15, 0.2) is 33.7 Å². The Bertz CT molecular complexity index is 831. The summed E-state index contributed by atoms with van der Waals surface area (Å²) in [5, 5.41) is 8.32.